The number of nitrogens with one attached hydrogen (secondary N) is 3. The van der Waals surface area contributed by atoms with Crippen LogP contribution in [0, 0.1) is 0 Å². The van der Waals surface area contributed by atoms with E-state index in [1.165, 1.54) is 6.92 Å². The minimum absolute atomic E-state index is 0.0629. The highest BCUT2D eigenvalue weighted by Crippen LogP contribution is 2.03. The van der Waals surface area contributed by atoms with Crippen molar-refractivity contribution in [3.8, 4) is 0 Å². The smallest absolute Gasteiger partial charge is 0.328 e. The number of nitrogens with two attached hydrogens (primary N) is 4. The van der Waals surface area contributed by atoms with Crippen molar-refractivity contribution < 1.29 is 29.4 Å². The van der Waals surface area contributed by atoms with Gasteiger partial charge in [-0.1, -0.05) is 0 Å². The van der Waals surface area contributed by atoms with Crippen molar-refractivity contribution in [3.05, 3.63) is 0 Å². The van der Waals surface area contributed by atoms with Gasteiger partial charge in [-0.05, 0) is 45.6 Å². The average molecular weight is 461 g/mol. The summed E-state index contributed by atoms with van der Waals surface area (Å²) >= 11 is 0. The zero-order valence-corrected chi connectivity index (χ0v) is 18.3. The minimum Gasteiger partial charge on any atom is -0.480 e. The van der Waals surface area contributed by atoms with Gasteiger partial charge in [0, 0.05) is 6.54 Å². The van der Waals surface area contributed by atoms with Crippen LogP contribution < -0.4 is 38.9 Å². The predicted octanol–water partition coefficient (Wildman–Crippen LogP) is -3.95. The first-order valence-corrected chi connectivity index (χ1v) is 10.3. The van der Waals surface area contributed by atoms with E-state index in [-0.39, 0.29) is 12.4 Å². The van der Waals surface area contributed by atoms with Crippen LogP contribution in [-0.4, -0.2) is 83.7 Å². The van der Waals surface area contributed by atoms with Gasteiger partial charge in [0.15, 0.2) is 5.96 Å². The Bertz CT molecular complexity index is 655. The Kier molecular flexibility index (Phi) is 14.3. The van der Waals surface area contributed by atoms with Gasteiger partial charge in [-0.2, -0.15) is 0 Å². The molecule has 0 aliphatic rings. The van der Waals surface area contributed by atoms with Crippen molar-refractivity contribution in [1.29, 1.82) is 0 Å². The van der Waals surface area contributed by atoms with Gasteiger partial charge in [-0.3, -0.25) is 19.4 Å². The van der Waals surface area contributed by atoms with Gasteiger partial charge in [-0.15, -0.1) is 0 Å². The first kappa shape index (κ1) is 29.0. The zero-order valence-electron chi connectivity index (χ0n) is 18.3. The van der Waals surface area contributed by atoms with Crippen molar-refractivity contribution >= 4 is 29.7 Å². The number of aliphatic carboxylic acids is 1. The van der Waals surface area contributed by atoms with Crippen LogP contribution in [-0.2, 0) is 19.2 Å². The molecule has 0 radical (unpaired) electrons. The molecule has 184 valence electrons. The fourth-order valence-corrected chi connectivity index (χ4v) is 2.55. The molecule has 4 unspecified atom stereocenters. The van der Waals surface area contributed by atoms with E-state index < -0.39 is 54.5 Å². The lowest BCUT2D eigenvalue weighted by molar-refractivity contribution is -0.143. The Hall–Kier alpha value is -2.97. The predicted molar refractivity (Wildman–Crippen MR) is 117 cm³/mol. The maximum Gasteiger partial charge on any atom is 0.328 e. The molecule has 13 N–H and O–H groups in total. The van der Waals surface area contributed by atoms with E-state index in [4.69, 9.17) is 33.1 Å². The van der Waals surface area contributed by atoms with Crippen molar-refractivity contribution in [2.45, 2.75) is 63.2 Å². The van der Waals surface area contributed by atoms with E-state index in [9.17, 15) is 19.2 Å². The summed E-state index contributed by atoms with van der Waals surface area (Å²) in [6.07, 6.45) is 2.03. The summed E-state index contributed by atoms with van der Waals surface area (Å²) in [5, 5.41) is 25.2. The highest BCUT2D eigenvalue weighted by molar-refractivity contribution is 5.93. The summed E-state index contributed by atoms with van der Waals surface area (Å²) in [5.74, 6) is -3.47. The van der Waals surface area contributed by atoms with Crippen LogP contribution in [0.15, 0.2) is 4.99 Å². The largest absolute Gasteiger partial charge is 0.480 e. The molecule has 4 atom stereocenters. The molecule has 0 aromatic heterocycles. The molecule has 0 rings (SSSR count). The first-order chi connectivity index (χ1) is 15.0. The Morgan fingerprint density at radius 2 is 1.53 bits per heavy atom. The van der Waals surface area contributed by atoms with Gasteiger partial charge in [-0.25, -0.2) is 4.79 Å². The molecule has 14 heteroatoms. The summed E-state index contributed by atoms with van der Waals surface area (Å²) in [4.78, 5) is 51.9. The van der Waals surface area contributed by atoms with E-state index >= 15 is 0 Å². The number of unbranched alkanes of at least 4 members (excludes halogenated alkanes) is 1. The van der Waals surface area contributed by atoms with Crippen molar-refractivity contribution in [3.63, 3.8) is 0 Å². The number of guanidine groups is 1. The maximum absolute atomic E-state index is 12.5. The lowest BCUT2D eigenvalue weighted by Gasteiger charge is -2.23. The van der Waals surface area contributed by atoms with E-state index in [1.807, 2.05) is 0 Å². The molecule has 32 heavy (non-hydrogen) atoms. The molecule has 0 saturated carbocycles. The number of aliphatic hydroxyl groups excluding tert-OH is 1. The standard InChI is InChI=1S/C18H36N8O6/c1-10(24-15(29)11(20)5-4-8-23-18(21)22)14(28)25-12(6-2-3-7-19)16(30)26-13(9-27)17(31)32/h10-13,27H,2-9,19-20H2,1H3,(H,24,29)(H,25,28)(H,26,30)(H,31,32)(H4,21,22,23). The molecule has 0 bridgehead atoms. The number of amides is 3. The maximum atomic E-state index is 12.5. The SMILES string of the molecule is CC(NC(=O)C(N)CCCN=C(N)N)C(=O)NC(CCCCN)C(=O)NC(CO)C(=O)O. The fourth-order valence-electron chi connectivity index (χ4n) is 2.55. The van der Waals surface area contributed by atoms with E-state index in [2.05, 4.69) is 20.9 Å². The highest BCUT2D eigenvalue weighted by Gasteiger charge is 2.28. The monoisotopic (exact) mass is 460 g/mol. The van der Waals surface area contributed by atoms with Gasteiger partial charge in [0.05, 0.1) is 12.6 Å². The number of aliphatic imine (C=N–C) groups is 1. The molecule has 0 aromatic carbocycles. The average Bonchev–Trinajstić information content (AvgIpc) is 2.73. The number of hydrogen-bond acceptors (Lipinski definition) is 8. The Morgan fingerprint density at radius 1 is 0.906 bits per heavy atom. The number of carboxylic acid groups (broad SMARTS) is 1. The second kappa shape index (κ2) is 15.8. The summed E-state index contributed by atoms with van der Waals surface area (Å²) in [6, 6.07) is -4.48. The number of nitrogens with zero attached hydrogens (tertiary/aromatic N) is 1. The molecule has 3 amide bonds. The van der Waals surface area contributed by atoms with Crippen molar-refractivity contribution in [1.82, 2.24) is 16.0 Å². The van der Waals surface area contributed by atoms with Gasteiger partial charge in [0.25, 0.3) is 0 Å². The number of aliphatic hydroxyl groups is 1. The van der Waals surface area contributed by atoms with Crippen LogP contribution in [0.4, 0.5) is 0 Å². The molecule has 14 nitrogen and oxygen atoms in total. The Morgan fingerprint density at radius 3 is 2.06 bits per heavy atom. The third-order valence-corrected chi connectivity index (χ3v) is 4.43. The van der Waals surface area contributed by atoms with E-state index in [1.54, 1.807) is 0 Å². The topological polar surface area (TPSA) is 261 Å². The number of carboxylic acids is 1. The summed E-state index contributed by atoms with van der Waals surface area (Å²) in [5.41, 5.74) is 21.7. The van der Waals surface area contributed by atoms with Gasteiger partial charge in [0.1, 0.15) is 18.1 Å². The Labute approximate surface area is 186 Å². The quantitative estimate of drug-likeness (QED) is 0.0612. The second-order valence-corrected chi connectivity index (χ2v) is 7.21. The molecule has 0 saturated heterocycles. The van der Waals surface area contributed by atoms with Crippen LogP contribution in [0.25, 0.3) is 0 Å². The summed E-state index contributed by atoms with van der Waals surface area (Å²) in [6.45, 7) is 1.30. The number of rotatable bonds is 16. The van der Waals surface area contributed by atoms with Crippen LogP contribution >= 0.6 is 0 Å². The summed E-state index contributed by atoms with van der Waals surface area (Å²) < 4.78 is 0. The van der Waals surface area contributed by atoms with Crippen LogP contribution in [0.2, 0.25) is 0 Å². The van der Waals surface area contributed by atoms with E-state index in [0.29, 0.717) is 38.8 Å². The van der Waals surface area contributed by atoms with E-state index in [0.717, 1.165) is 0 Å². The van der Waals surface area contributed by atoms with Crippen molar-refractivity contribution in [2.24, 2.45) is 27.9 Å². The molecule has 0 aliphatic carbocycles. The number of carbonyl (C=O) groups is 4. The third-order valence-electron chi connectivity index (χ3n) is 4.43. The van der Waals surface area contributed by atoms with Crippen molar-refractivity contribution in [2.75, 3.05) is 19.7 Å². The molecule has 0 spiro atoms. The molecular weight excluding hydrogens is 424 g/mol. The third kappa shape index (κ3) is 12.0. The second-order valence-electron chi connectivity index (χ2n) is 7.21. The highest BCUT2D eigenvalue weighted by atomic mass is 16.4. The Balaban J connectivity index is 4.88. The summed E-state index contributed by atoms with van der Waals surface area (Å²) in [7, 11) is 0. The van der Waals surface area contributed by atoms with Crippen LogP contribution in [0.5, 0.6) is 0 Å². The number of carbonyl (C=O) groups excluding carboxylic acids is 3. The fraction of sp³-hybridized carbons (Fsp3) is 0.722. The first-order valence-electron chi connectivity index (χ1n) is 10.3. The molecule has 0 fully saturated rings. The lowest BCUT2D eigenvalue weighted by atomic mass is 10.1. The van der Waals surface area contributed by atoms with Gasteiger partial charge >= 0.3 is 5.97 Å². The molecular formula is C18H36N8O6. The van der Waals surface area contributed by atoms with Crippen LogP contribution in [0.1, 0.15) is 39.0 Å². The minimum atomic E-state index is -1.51. The zero-order chi connectivity index (χ0) is 24.7. The molecule has 0 heterocycles. The molecule has 0 aromatic rings. The number of hydrogen-bond donors (Lipinski definition) is 9. The van der Waals surface area contributed by atoms with Crippen LogP contribution in [0.3, 0.4) is 0 Å². The van der Waals surface area contributed by atoms with Gasteiger partial charge < -0.3 is 49.1 Å². The normalized spacial score (nSPS) is 14.4. The van der Waals surface area contributed by atoms with Gasteiger partial charge in [0.2, 0.25) is 17.7 Å². The lowest BCUT2D eigenvalue weighted by Crippen LogP contribution is -2.56. The molecule has 0 aliphatic heterocycles.